The highest BCUT2D eigenvalue weighted by Crippen LogP contribution is 2.47. The van der Waals surface area contributed by atoms with Crippen LogP contribution in [0.2, 0.25) is 18.6 Å². The lowest BCUT2D eigenvalue weighted by atomic mass is 9.93. The summed E-state index contributed by atoms with van der Waals surface area (Å²) in [7, 11) is -3.15. The normalized spacial score (nSPS) is 23.8. The minimum atomic E-state index is -3.15. The van der Waals surface area contributed by atoms with Gasteiger partial charge in [0.1, 0.15) is 0 Å². The van der Waals surface area contributed by atoms with Gasteiger partial charge in [0.15, 0.2) is 0 Å². The molecule has 0 aliphatic carbocycles. The number of hydrogen-bond acceptors (Lipinski definition) is 4. The number of rotatable bonds is 9. The lowest BCUT2D eigenvalue weighted by molar-refractivity contribution is -0.138. The minimum absolute atomic E-state index is 0.0221. The van der Waals surface area contributed by atoms with Crippen LogP contribution in [0.3, 0.4) is 0 Å². The van der Waals surface area contributed by atoms with Crippen molar-refractivity contribution in [2.45, 2.75) is 76.0 Å². The van der Waals surface area contributed by atoms with Crippen LogP contribution in [0.15, 0.2) is 78.9 Å². The van der Waals surface area contributed by atoms with Crippen molar-refractivity contribution in [3.8, 4) is 0 Å². The van der Waals surface area contributed by atoms with E-state index in [-0.39, 0.29) is 48.4 Å². The van der Waals surface area contributed by atoms with Gasteiger partial charge in [0, 0.05) is 23.3 Å². The molecule has 222 valence electrons. The molecule has 5 rings (SSSR count). The zero-order valence-corrected chi connectivity index (χ0v) is 25.6. The van der Waals surface area contributed by atoms with Crippen LogP contribution in [0.1, 0.15) is 46.8 Å². The number of carbonyl (C=O) groups is 2. The molecule has 3 aromatic rings. The maximum Gasteiger partial charge on any atom is 0.255 e. The number of benzene rings is 3. The molecule has 8 heteroatoms. The topological polar surface area (TPSA) is 78.9 Å². The molecule has 0 spiro atoms. The Morgan fingerprint density at radius 3 is 2.43 bits per heavy atom. The average molecular weight is 589 g/mol. The predicted octanol–water partition coefficient (Wildman–Crippen LogP) is 6.16. The fourth-order valence-electron chi connectivity index (χ4n) is 6.81. The van der Waals surface area contributed by atoms with Crippen molar-refractivity contribution < 1.29 is 23.5 Å². The van der Waals surface area contributed by atoms with Crippen molar-refractivity contribution in [2.24, 2.45) is 5.92 Å². The summed E-state index contributed by atoms with van der Waals surface area (Å²) in [5.41, 5.74) is 4.33. The van der Waals surface area contributed by atoms with Gasteiger partial charge in [-0.05, 0) is 79.2 Å². The van der Waals surface area contributed by atoms with Crippen molar-refractivity contribution in [2.75, 3.05) is 11.9 Å². The Hall–Kier alpha value is -3.33. The predicted molar refractivity (Wildman–Crippen MR) is 166 cm³/mol. The fourth-order valence-corrected chi connectivity index (χ4v) is 9.36. The summed E-state index contributed by atoms with van der Waals surface area (Å²) in [5, 5.41) is 13.0. The summed E-state index contributed by atoms with van der Waals surface area (Å²) in [6.07, 6.45) is 1.47. The van der Waals surface area contributed by atoms with Crippen molar-refractivity contribution in [1.82, 2.24) is 4.90 Å². The van der Waals surface area contributed by atoms with Crippen LogP contribution in [0.25, 0.3) is 0 Å². The van der Waals surface area contributed by atoms with Crippen LogP contribution in [0.5, 0.6) is 0 Å². The third-order valence-corrected chi connectivity index (χ3v) is 11.4. The molecule has 2 N–H and O–H groups in total. The second-order valence-electron chi connectivity index (χ2n) is 12.3. The van der Waals surface area contributed by atoms with E-state index >= 15 is 4.11 Å². The average Bonchev–Trinajstić information content (AvgIpc) is 3.30. The molecule has 0 aromatic heterocycles. The van der Waals surface area contributed by atoms with Gasteiger partial charge >= 0.3 is 0 Å². The first-order chi connectivity index (χ1) is 20.1. The van der Waals surface area contributed by atoms with Crippen LogP contribution >= 0.6 is 0 Å². The summed E-state index contributed by atoms with van der Waals surface area (Å²) < 4.78 is 22.2. The molecule has 1 saturated heterocycles. The third-order valence-electron chi connectivity index (χ3n) is 8.90. The summed E-state index contributed by atoms with van der Waals surface area (Å²) in [5.74, 6) is -0.274. The number of aliphatic hydroxyl groups excluding tert-OH is 1. The van der Waals surface area contributed by atoms with E-state index in [4.69, 9.17) is 4.74 Å². The van der Waals surface area contributed by atoms with Gasteiger partial charge in [0.05, 0.1) is 31.3 Å². The molecule has 2 aliphatic rings. The zero-order valence-electron chi connectivity index (χ0n) is 24.6. The third kappa shape index (κ3) is 6.83. The second kappa shape index (κ2) is 12.9. The molecule has 42 heavy (non-hydrogen) atoms. The van der Waals surface area contributed by atoms with E-state index in [0.717, 1.165) is 22.4 Å². The van der Waals surface area contributed by atoms with Crippen LogP contribution in [0, 0.1) is 5.92 Å². The Morgan fingerprint density at radius 2 is 1.71 bits per heavy atom. The molecule has 2 aliphatic heterocycles. The number of aryl methyl sites for hydroxylation is 1. The number of nitrogens with zero attached hydrogens (tertiary/aromatic N) is 1. The quantitative estimate of drug-likeness (QED) is 0.232. The SMILES string of the molecule is C[C@H]1[C@H]([Si](C)(C)F)[C@@H](CC(=O)N2Cc3ccccc3C[C@H]2CO)O[C@H]1CCc1cccc(NC(=O)c2ccccc2)c1. The van der Waals surface area contributed by atoms with Crippen molar-refractivity contribution in [3.63, 3.8) is 0 Å². The largest absolute Gasteiger partial charge is 0.394 e. The number of carbonyl (C=O) groups excluding carboxylic acids is 2. The minimum Gasteiger partial charge on any atom is -0.394 e. The first-order valence-corrected chi connectivity index (χ1v) is 17.9. The highest BCUT2D eigenvalue weighted by Gasteiger charge is 2.52. The van der Waals surface area contributed by atoms with Gasteiger partial charge in [0.2, 0.25) is 14.3 Å². The van der Waals surface area contributed by atoms with E-state index in [0.29, 0.717) is 31.4 Å². The summed E-state index contributed by atoms with van der Waals surface area (Å²) >= 11 is 0. The molecule has 2 heterocycles. The highest BCUT2D eigenvalue weighted by atomic mass is 28.4. The summed E-state index contributed by atoms with van der Waals surface area (Å²) in [4.78, 5) is 28.0. The van der Waals surface area contributed by atoms with Gasteiger partial charge in [-0.25, -0.2) is 0 Å². The number of hydrogen-bond donors (Lipinski definition) is 2. The Bertz CT molecular complexity index is 1400. The molecule has 0 bridgehead atoms. The molecule has 1 fully saturated rings. The number of ether oxygens (including phenoxy) is 1. The van der Waals surface area contributed by atoms with Crippen molar-refractivity contribution in [1.29, 1.82) is 0 Å². The van der Waals surface area contributed by atoms with Gasteiger partial charge < -0.3 is 24.2 Å². The van der Waals surface area contributed by atoms with Crippen LogP contribution in [0.4, 0.5) is 9.80 Å². The number of nitrogens with one attached hydrogen (secondary N) is 1. The molecule has 3 aromatic carbocycles. The Morgan fingerprint density at radius 1 is 1.00 bits per heavy atom. The van der Waals surface area contributed by atoms with Crippen molar-refractivity contribution in [3.05, 3.63) is 101 Å². The first-order valence-electron chi connectivity index (χ1n) is 14.9. The molecule has 5 atom stereocenters. The van der Waals surface area contributed by atoms with Crippen LogP contribution in [-0.2, 0) is 28.9 Å². The van der Waals surface area contributed by atoms with Gasteiger partial charge in [-0.1, -0.05) is 61.5 Å². The molecular weight excluding hydrogens is 547 g/mol. The lowest BCUT2D eigenvalue weighted by Crippen LogP contribution is -2.48. The van der Waals surface area contributed by atoms with E-state index in [9.17, 15) is 14.7 Å². The van der Waals surface area contributed by atoms with Crippen molar-refractivity contribution >= 4 is 25.9 Å². The number of halogens is 1. The highest BCUT2D eigenvalue weighted by molar-refractivity contribution is 6.72. The van der Waals surface area contributed by atoms with Gasteiger partial charge in [-0.3, -0.25) is 9.59 Å². The molecule has 0 radical (unpaired) electrons. The molecule has 6 nitrogen and oxygen atoms in total. The maximum atomic E-state index is 15.7. The second-order valence-corrected chi connectivity index (χ2v) is 16.1. The monoisotopic (exact) mass is 588 g/mol. The standard InChI is InChI=1S/C34H41FN2O4Si/c1-23-30(17-16-24-10-9-15-28(18-24)36-34(40)25-11-5-4-6-12-25)41-31(33(23)42(2,3)35)20-32(39)37-21-27-14-8-7-13-26(27)19-29(37)22-38/h4-15,18,23,29-31,33,38H,16-17,19-22H2,1-3H3,(H,36,40)/t23-,29+,30+,31-,33+/m1/s1. The van der Waals surface area contributed by atoms with E-state index in [1.807, 2.05) is 66.7 Å². The van der Waals surface area contributed by atoms with E-state index in [2.05, 4.69) is 12.2 Å². The zero-order chi connectivity index (χ0) is 29.9. The Labute approximate surface area is 249 Å². The molecule has 2 amide bonds. The number of amides is 2. The van der Waals surface area contributed by atoms with Gasteiger partial charge in [-0.2, -0.15) is 0 Å². The Kier molecular flexibility index (Phi) is 9.25. The summed E-state index contributed by atoms with van der Waals surface area (Å²) in [6, 6.07) is 24.6. The Balaban J connectivity index is 1.24. The molecule has 0 saturated carbocycles. The molecule has 0 unspecified atom stereocenters. The smallest absolute Gasteiger partial charge is 0.255 e. The van der Waals surface area contributed by atoms with Gasteiger partial charge in [-0.15, -0.1) is 0 Å². The van der Waals surface area contributed by atoms with Crippen LogP contribution in [-0.4, -0.2) is 55.1 Å². The fraction of sp³-hybridized carbons (Fsp3) is 0.412. The molecular formula is C34H41FN2O4Si. The number of anilines is 1. The van der Waals surface area contributed by atoms with E-state index in [1.54, 1.807) is 30.1 Å². The van der Waals surface area contributed by atoms with Gasteiger partial charge in [0.25, 0.3) is 5.91 Å². The van der Waals surface area contributed by atoms with E-state index < -0.39 is 14.5 Å². The number of aliphatic hydroxyl groups is 1. The number of fused-ring (bicyclic) bond motifs is 1. The lowest BCUT2D eigenvalue weighted by Gasteiger charge is -2.37. The van der Waals surface area contributed by atoms with E-state index in [1.165, 1.54) is 0 Å². The maximum absolute atomic E-state index is 15.7. The van der Waals surface area contributed by atoms with Crippen LogP contribution < -0.4 is 5.32 Å². The summed E-state index contributed by atoms with van der Waals surface area (Å²) in [6.45, 7) is 5.82. The first kappa shape index (κ1) is 30.1.